The molecule has 0 amide bonds. The van der Waals surface area contributed by atoms with Crippen LogP contribution >= 0.6 is 0 Å². The monoisotopic (exact) mass is 248 g/mol. The number of rotatable bonds is 4. The van der Waals surface area contributed by atoms with Gasteiger partial charge in [-0.3, -0.25) is 0 Å². The highest BCUT2D eigenvalue weighted by Gasteiger charge is 2.26. The molecule has 0 aromatic heterocycles. The van der Waals surface area contributed by atoms with Crippen LogP contribution in [0.1, 0.15) is 12.0 Å². The molecule has 0 spiro atoms. The molecule has 0 N–H and O–H groups in total. The van der Waals surface area contributed by atoms with E-state index >= 15 is 0 Å². The molecule has 1 aromatic carbocycles. The molecule has 6 heteroatoms. The summed E-state index contributed by atoms with van der Waals surface area (Å²) >= 11 is 0. The van der Waals surface area contributed by atoms with Gasteiger partial charge in [0.15, 0.2) is 20.2 Å². The van der Waals surface area contributed by atoms with Crippen molar-refractivity contribution in [3.63, 3.8) is 0 Å². The molecule has 2 radical (unpaired) electrons. The minimum atomic E-state index is -4.09. The Hall–Kier alpha value is -0.596. The minimum absolute atomic E-state index is 0.0235. The highest BCUT2D eigenvalue weighted by Crippen LogP contribution is 2.21. The van der Waals surface area contributed by atoms with E-state index in [0.717, 1.165) is 5.19 Å². The third kappa shape index (κ3) is 4.63. The molecule has 0 atom stereocenters. The van der Waals surface area contributed by atoms with Gasteiger partial charge in [0.25, 0.3) is 0 Å². The fourth-order valence-corrected chi connectivity index (χ4v) is 2.75. The molecule has 0 aliphatic carbocycles. The number of hydrogen-bond acceptors (Lipinski definition) is 1. The summed E-state index contributed by atoms with van der Waals surface area (Å²) in [7, 11) is 0.479. The lowest BCUT2D eigenvalue weighted by atomic mass is 10.1. The summed E-state index contributed by atoms with van der Waals surface area (Å²) in [5.41, 5.74) is 0.716. The molecule has 0 aliphatic heterocycles. The molecule has 15 heavy (non-hydrogen) atoms. The third-order valence-corrected chi connectivity index (χ3v) is 3.73. The number of hydrogen-bond donors (Lipinski definition) is 0. The molecular formula is C9H11F3OSi2. The highest BCUT2D eigenvalue weighted by molar-refractivity contribution is 6.51. The van der Waals surface area contributed by atoms with Gasteiger partial charge in [0, 0.05) is 6.42 Å². The van der Waals surface area contributed by atoms with Crippen LogP contribution in [0.4, 0.5) is 13.2 Å². The number of halogens is 3. The second-order valence-electron chi connectivity index (χ2n) is 3.14. The van der Waals surface area contributed by atoms with Crippen molar-refractivity contribution in [1.29, 1.82) is 0 Å². The van der Waals surface area contributed by atoms with Gasteiger partial charge in [-0.1, -0.05) is 18.2 Å². The SMILES string of the molecule is FC(F)(F)CCc1ccc[c]c1[SiH2]O[SiH2]. The Bertz CT molecular complexity index is 314. The molecular weight excluding hydrogens is 237 g/mol. The first kappa shape index (κ1) is 12.5. The van der Waals surface area contributed by atoms with Crippen molar-refractivity contribution in [2.24, 2.45) is 0 Å². The third-order valence-electron chi connectivity index (χ3n) is 1.96. The molecule has 0 fully saturated rings. The lowest BCUT2D eigenvalue weighted by Crippen LogP contribution is -2.23. The Labute approximate surface area is 92.1 Å². The van der Waals surface area contributed by atoms with E-state index in [-0.39, 0.29) is 6.42 Å². The summed E-state index contributed by atoms with van der Waals surface area (Å²) in [4.78, 5) is 0. The van der Waals surface area contributed by atoms with Crippen LogP contribution in [0.25, 0.3) is 0 Å². The molecule has 0 bridgehead atoms. The van der Waals surface area contributed by atoms with Crippen LogP contribution in [-0.4, -0.2) is 26.4 Å². The van der Waals surface area contributed by atoms with Gasteiger partial charge in [0.2, 0.25) is 0 Å². The van der Waals surface area contributed by atoms with E-state index < -0.39 is 22.4 Å². The Morgan fingerprint density at radius 2 is 2.20 bits per heavy atom. The standard InChI is InChI=1S/C9H11F3OSi2/c10-9(11,12)6-5-7-3-1-2-4-8(7)15-13-14/h1-3H,5-6,14-15H2. The van der Waals surface area contributed by atoms with Crippen molar-refractivity contribution in [3.8, 4) is 0 Å². The van der Waals surface area contributed by atoms with Crippen molar-refractivity contribution in [1.82, 2.24) is 0 Å². The Morgan fingerprint density at radius 1 is 1.47 bits per heavy atom. The molecule has 0 saturated carbocycles. The quantitative estimate of drug-likeness (QED) is 0.694. The number of aryl methyl sites for hydroxylation is 1. The van der Waals surface area contributed by atoms with Crippen LogP contribution in [0.2, 0.25) is 0 Å². The number of alkyl halides is 3. The maximum Gasteiger partial charge on any atom is 0.389 e. The first-order valence-corrected chi connectivity index (χ1v) is 6.31. The summed E-state index contributed by atoms with van der Waals surface area (Å²) < 4.78 is 41.1. The van der Waals surface area contributed by atoms with Crippen LogP contribution in [0.5, 0.6) is 0 Å². The molecule has 1 aromatic rings. The normalized spacial score (nSPS) is 12.5. The van der Waals surface area contributed by atoms with Crippen LogP contribution in [-0.2, 0) is 10.5 Å². The highest BCUT2D eigenvalue weighted by atomic mass is 28.3. The zero-order valence-electron chi connectivity index (χ0n) is 8.10. The smallest absolute Gasteiger partial charge is 0.389 e. The molecule has 1 nitrogen and oxygen atoms in total. The fourth-order valence-electron chi connectivity index (χ4n) is 1.25. The largest absolute Gasteiger partial charge is 0.462 e. The van der Waals surface area contributed by atoms with Gasteiger partial charge in [-0.2, -0.15) is 13.2 Å². The van der Waals surface area contributed by atoms with Gasteiger partial charge in [-0.15, -0.1) is 0 Å². The van der Waals surface area contributed by atoms with Gasteiger partial charge in [-0.05, 0) is 23.2 Å². The fraction of sp³-hybridized carbons (Fsp3) is 0.333. The predicted octanol–water partition coefficient (Wildman–Crippen LogP) is 0.255. The average molecular weight is 248 g/mol. The van der Waals surface area contributed by atoms with Crippen molar-refractivity contribution in [2.75, 3.05) is 0 Å². The summed E-state index contributed by atoms with van der Waals surface area (Å²) in [6, 6.07) is 8.08. The van der Waals surface area contributed by atoms with Gasteiger partial charge in [0.1, 0.15) is 0 Å². The van der Waals surface area contributed by atoms with Gasteiger partial charge in [0.05, 0.1) is 0 Å². The number of benzene rings is 1. The lowest BCUT2D eigenvalue weighted by Gasteiger charge is -2.09. The summed E-state index contributed by atoms with van der Waals surface area (Å²) in [5.74, 6) is 0. The summed E-state index contributed by atoms with van der Waals surface area (Å²) in [6.07, 6.45) is -4.85. The molecule has 82 valence electrons. The summed E-state index contributed by atoms with van der Waals surface area (Å²) in [5, 5.41) is 0.844. The van der Waals surface area contributed by atoms with Gasteiger partial charge < -0.3 is 4.12 Å². The molecule has 0 heterocycles. The molecule has 0 unspecified atom stereocenters. The van der Waals surface area contributed by atoms with Gasteiger partial charge in [-0.25, -0.2) is 0 Å². The van der Waals surface area contributed by atoms with Crippen LogP contribution in [0.15, 0.2) is 18.2 Å². The van der Waals surface area contributed by atoms with Crippen LogP contribution < -0.4 is 5.19 Å². The van der Waals surface area contributed by atoms with E-state index in [1.54, 1.807) is 18.2 Å². The second kappa shape index (κ2) is 5.48. The average Bonchev–Trinajstić information content (AvgIpc) is 2.16. The predicted molar refractivity (Wildman–Crippen MR) is 57.5 cm³/mol. The topological polar surface area (TPSA) is 9.23 Å². The Kier molecular flexibility index (Phi) is 4.55. The zero-order valence-corrected chi connectivity index (χ0v) is 10.9. The summed E-state index contributed by atoms with van der Waals surface area (Å²) in [6.45, 7) is 0. The van der Waals surface area contributed by atoms with E-state index in [4.69, 9.17) is 4.12 Å². The van der Waals surface area contributed by atoms with E-state index in [0.29, 0.717) is 5.56 Å². The van der Waals surface area contributed by atoms with E-state index in [9.17, 15) is 13.2 Å². The van der Waals surface area contributed by atoms with E-state index in [1.807, 2.05) is 0 Å². The Balaban J connectivity index is 2.67. The molecule has 0 saturated heterocycles. The van der Waals surface area contributed by atoms with Crippen LogP contribution in [0, 0.1) is 6.07 Å². The van der Waals surface area contributed by atoms with Crippen molar-refractivity contribution in [3.05, 3.63) is 29.8 Å². The first-order chi connectivity index (χ1) is 7.03. The second-order valence-corrected chi connectivity index (χ2v) is 5.77. The first-order valence-electron chi connectivity index (χ1n) is 4.45. The zero-order chi connectivity index (χ0) is 11.3. The van der Waals surface area contributed by atoms with E-state index in [2.05, 4.69) is 6.07 Å². The lowest BCUT2D eigenvalue weighted by molar-refractivity contribution is -0.133. The maximum atomic E-state index is 12.0. The maximum absolute atomic E-state index is 12.0. The van der Waals surface area contributed by atoms with Crippen LogP contribution in [0.3, 0.4) is 0 Å². The van der Waals surface area contributed by atoms with Crippen molar-refractivity contribution in [2.45, 2.75) is 19.0 Å². The molecule has 1 rings (SSSR count). The van der Waals surface area contributed by atoms with E-state index in [1.165, 1.54) is 10.5 Å². The molecule has 0 aliphatic rings. The minimum Gasteiger partial charge on any atom is -0.462 e. The van der Waals surface area contributed by atoms with Crippen molar-refractivity contribution < 1.29 is 17.3 Å². The van der Waals surface area contributed by atoms with Gasteiger partial charge >= 0.3 is 6.18 Å². The van der Waals surface area contributed by atoms with Crippen molar-refractivity contribution >= 4 is 25.4 Å². The Morgan fingerprint density at radius 3 is 2.80 bits per heavy atom.